The summed E-state index contributed by atoms with van der Waals surface area (Å²) in [5.41, 5.74) is 2.37. The van der Waals surface area contributed by atoms with Crippen molar-refractivity contribution in [3.63, 3.8) is 0 Å². The molecule has 9 heteroatoms. The van der Waals surface area contributed by atoms with Crippen LogP contribution in [0.5, 0.6) is 0 Å². The maximum absolute atomic E-state index is 13.0. The van der Waals surface area contributed by atoms with Crippen LogP contribution in [0.3, 0.4) is 0 Å². The van der Waals surface area contributed by atoms with Gasteiger partial charge in [-0.25, -0.2) is 4.68 Å². The van der Waals surface area contributed by atoms with Crippen molar-refractivity contribution in [2.24, 2.45) is 7.05 Å². The molecule has 0 aliphatic rings. The van der Waals surface area contributed by atoms with E-state index in [4.69, 9.17) is 0 Å². The van der Waals surface area contributed by atoms with Crippen LogP contribution in [-0.2, 0) is 11.8 Å². The predicted octanol–water partition coefficient (Wildman–Crippen LogP) is 1.70. The van der Waals surface area contributed by atoms with Crippen molar-refractivity contribution in [3.8, 4) is 11.3 Å². The summed E-state index contributed by atoms with van der Waals surface area (Å²) < 4.78 is 3.03. The Hall–Kier alpha value is -3.88. The van der Waals surface area contributed by atoms with E-state index in [2.05, 4.69) is 30.9 Å². The van der Waals surface area contributed by atoms with Crippen LogP contribution < -0.4 is 5.32 Å². The summed E-state index contributed by atoms with van der Waals surface area (Å²) in [6, 6.07) is 14.2. The number of nitrogens with zero attached hydrogens (tertiary/aromatic N) is 7. The normalized spacial score (nSPS) is 11.9. The average Bonchev–Trinajstić information content (AvgIpc) is 3.34. The third-order valence-corrected chi connectivity index (χ3v) is 4.08. The van der Waals surface area contributed by atoms with Gasteiger partial charge in [0.1, 0.15) is 12.1 Å². The summed E-state index contributed by atoms with van der Waals surface area (Å²) in [7, 11) is 1.77. The summed E-state index contributed by atoms with van der Waals surface area (Å²) in [6.07, 6.45) is 4.84. The molecule has 0 spiro atoms. The number of carbonyl (C=O) groups is 1. The number of hydrogen-bond acceptors (Lipinski definition) is 6. The van der Waals surface area contributed by atoms with Gasteiger partial charge in [-0.2, -0.15) is 5.10 Å². The number of aromatic nitrogens is 7. The van der Waals surface area contributed by atoms with Crippen molar-refractivity contribution in [1.82, 2.24) is 35.0 Å². The maximum Gasteiger partial charge on any atom is 0.255 e. The number of amides is 1. The number of aryl methyl sites for hydroxylation is 1. The first-order chi connectivity index (χ1) is 13.2. The van der Waals surface area contributed by atoms with E-state index in [0.29, 0.717) is 5.82 Å². The summed E-state index contributed by atoms with van der Waals surface area (Å²) in [5.74, 6) is 0.294. The van der Waals surface area contributed by atoms with E-state index in [1.165, 1.54) is 11.0 Å². The van der Waals surface area contributed by atoms with Gasteiger partial charge in [-0.1, -0.05) is 30.3 Å². The molecule has 0 saturated carbocycles. The van der Waals surface area contributed by atoms with Gasteiger partial charge in [0, 0.05) is 31.1 Å². The van der Waals surface area contributed by atoms with Crippen molar-refractivity contribution < 1.29 is 4.79 Å². The summed E-state index contributed by atoms with van der Waals surface area (Å²) in [4.78, 5) is 17.1. The minimum atomic E-state index is -0.696. The molecule has 0 radical (unpaired) electrons. The number of tetrazole rings is 1. The van der Waals surface area contributed by atoms with Crippen LogP contribution in [0.2, 0.25) is 0 Å². The molecular formula is C18H16N8O. The zero-order valence-corrected chi connectivity index (χ0v) is 14.5. The highest BCUT2D eigenvalue weighted by atomic mass is 16.2. The average molecular weight is 360 g/mol. The van der Waals surface area contributed by atoms with E-state index in [-0.39, 0.29) is 5.91 Å². The number of nitrogens with one attached hydrogen (secondary N) is 1. The molecule has 4 rings (SSSR count). The zero-order valence-electron chi connectivity index (χ0n) is 14.5. The van der Waals surface area contributed by atoms with Gasteiger partial charge in [0.25, 0.3) is 5.91 Å². The van der Waals surface area contributed by atoms with Gasteiger partial charge in [0.05, 0.1) is 5.69 Å². The Morgan fingerprint density at radius 2 is 2.00 bits per heavy atom. The molecule has 9 nitrogen and oxygen atoms in total. The predicted molar refractivity (Wildman–Crippen MR) is 97.5 cm³/mol. The number of benzene rings is 1. The second-order valence-electron chi connectivity index (χ2n) is 5.87. The molecule has 1 N–H and O–H groups in total. The molecule has 1 atom stereocenters. The number of hydrogen-bond donors (Lipinski definition) is 1. The van der Waals surface area contributed by atoms with Gasteiger partial charge in [0.2, 0.25) is 0 Å². The van der Waals surface area contributed by atoms with Crippen molar-refractivity contribution in [2.75, 3.05) is 5.32 Å². The number of rotatable bonds is 5. The van der Waals surface area contributed by atoms with Gasteiger partial charge >= 0.3 is 0 Å². The molecule has 3 aromatic heterocycles. The molecule has 0 aliphatic carbocycles. The molecule has 27 heavy (non-hydrogen) atoms. The Morgan fingerprint density at radius 1 is 1.15 bits per heavy atom. The molecule has 134 valence electrons. The standard InChI is InChI=1S/C18H16N8O/c1-25-16(10-15(22-25)14-8-5-9-19-11-14)21-18(27)17(26-12-20-23-24-26)13-6-3-2-4-7-13/h2-12,17H,1H3,(H,21,27). The maximum atomic E-state index is 13.0. The molecule has 0 saturated heterocycles. The molecule has 1 aromatic carbocycles. The molecule has 1 unspecified atom stereocenters. The topological polar surface area (TPSA) is 103 Å². The second kappa shape index (κ2) is 7.16. The SMILES string of the molecule is Cn1nc(-c2cccnc2)cc1NC(=O)C(c1ccccc1)n1cnnn1. The first-order valence-electron chi connectivity index (χ1n) is 8.25. The smallest absolute Gasteiger partial charge is 0.255 e. The fourth-order valence-electron chi connectivity index (χ4n) is 2.78. The lowest BCUT2D eigenvalue weighted by molar-refractivity contribution is -0.118. The Kier molecular flexibility index (Phi) is 4.40. The van der Waals surface area contributed by atoms with Gasteiger partial charge in [-0.05, 0) is 28.1 Å². The first-order valence-corrected chi connectivity index (χ1v) is 8.25. The number of anilines is 1. The monoisotopic (exact) mass is 360 g/mol. The van der Waals surface area contributed by atoms with Crippen molar-refractivity contribution >= 4 is 11.7 Å². The van der Waals surface area contributed by atoms with Crippen LogP contribution >= 0.6 is 0 Å². The lowest BCUT2D eigenvalue weighted by atomic mass is 10.1. The van der Waals surface area contributed by atoms with E-state index in [9.17, 15) is 4.79 Å². The van der Waals surface area contributed by atoms with Crippen LogP contribution in [-0.4, -0.2) is 40.9 Å². The fraction of sp³-hybridized carbons (Fsp3) is 0.111. The van der Waals surface area contributed by atoms with Crippen LogP contribution in [0, 0.1) is 0 Å². The summed E-state index contributed by atoms with van der Waals surface area (Å²) in [6.45, 7) is 0. The first kappa shape index (κ1) is 16.6. The quantitative estimate of drug-likeness (QED) is 0.581. The molecule has 0 bridgehead atoms. The van der Waals surface area contributed by atoms with Crippen molar-refractivity contribution in [2.45, 2.75) is 6.04 Å². The second-order valence-corrected chi connectivity index (χ2v) is 5.87. The molecular weight excluding hydrogens is 344 g/mol. The highest BCUT2D eigenvalue weighted by molar-refractivity contribution is 5.95. The number of carbonyl (C=O) groups excluding carboxylic acids is 1. The molecule has 1 amide bonds. The van der Waals surface area contributed by atoms with E-state index >= 15 is 0 Å². The van der Waals surface area contributed by atoms with Crippen molar-refractivity contribution in [3.05, 3.63) is 72.8 Å². The highest BCUT2D eigenvalue weighted by Crippen LogP contribution is 2.23. The fourth-order valence-corrected chi connectivity index (χ4v) is 2.78. The Bertz CT molecular complexity index is 1030. The van der Waals surface area contributed by atoms with E-state index in [0.717, 1.165) is 16.8 Å². The summed E-state index contributed by atoms with van der Waals surface area (Å²) >= 11 is 0. The van der Waals surface area contributed by atoms with Crippen LogP contribution in [0.1, 0.15) is 11.6 Å². The Morgan fingerprint density at radius 3 is 2.70 bits per heavy atom. The third kappa shape index (κ3) is 3.43. The Balaban J connectivity index is 1.63. The summed E-state index contributed by atoms with van der Waals surface area (Å²) in [5, 5.41) is 18.5. The minimum absolute atomic E-state index is 0.269. The zero-order chi connectivity index (χ0) is 18.6. The van der Waals surface area contributed by atoms with Crippen LogP contribution in [0.15, 0.2) is 67.3 Å². The lowest BCUT2D eigenvalue weighted by Crippen LogP contribution is -2.28. The van der Waals surface area contributed by atoms with Crippen molar-refractivity contribution in [1.29, 1.82) is 0 Å². The van der Waals surface area contributed by atoms with E-state index < -0.39 is 6.04 Å². The molecule has 4 aromatic rings. The van der Waals surface area contributed by atoms with Crippen LogP contribution in [0.25, 0.3) is 11.3 Å². The van der Waals surface area contributed by atoms with E-state index in [1.54, 1.807) is 30.2 Å². The molecule has 3 heterocycles. The van der Waals surface area contributed by atoms with Gasteiger partial charge in [-0.15, -0.1) is 5.10 Å². The molecule has 0 aliphatic heterocycles. The van der Waals surface area contributed by atoms with Gasteiger partial charge in [-0.3, -0.25) is 14.5 Å². The lowest BCUT2D eigenvalue weighted by Gasteiger charge is -2.16. The Labute approximate surface area is 154 Å². The highest BCUT2D eigenvalue weighted by Gasteiger charge is 2.25. The number of pyridine rings is 1. The van der Waals surface area contributed by atoms with Gasteiger partial charge in [0.15, 0.2) is 6.04 Å². The van der Waals surface area contributed by atoms with Gasteiger partial charge < -0.3 is 5.32 Å². The minimum Gasteiger partial charge on any atom is -0.309 e. The van der Waals surface area contributed by atoms with Crippen LogP contribution in [0.4, 0.5) is 5.82 Å². The largest absolute Gasteiger partial charge is 0.309 e. The third-order valence-electron chi connectivity index (χ3n) is 4.08. The molecule has 0 fully saturated rings. The van der Waals surface area contributed by atoms with E-state index in [1.807, 2.05) is 42.5 Å².